The van der Waals surface area contributed by atoms with Gasteiger partial charge in [-0.25, -0.2) is 0 Å². The minimum atomic E-state index is 0.179. The van der Waals surface area contributed by atoms with Crippen LogP contribution in [0.4, 0.5) is 6.01 Å². The summed E-state index contributed by atoms with van der Waals surface area (Å²) in [6.45, 7) is 2.95. The van der Waals surface area contributed by atoms with Gasteiger partial charge >= 0.3 is 0 Å². The van der Waals surface area contributed by atoms with Crippen LogP contribution in [0.1, 0.15) is 6.42 Å². The van der Waals surface area contributed by atoms with E-state index in [1.54, 1.807) is 0 Å². The lowest BCUT2D eigenvalue weighted by Crippen LogP contribution is -2.43. The Morgan fingerprint density at radius 2 is 2.28 bits per heavy atom. The van der Waals surface area contributed by atoms with Crippen molar-refractivity contribution in [1.29, 1.82) is 0 Å². The van der Waals surface area contributed by atoms with E-state index in [-0.39, 0.29) is 6.10 Å². The van der Waals surface area contributed by atoms with Crippen molar-refractivity contribution in [3.8, 4) is 0 Å². The quantitative estimate of drug-likeness (QED) is 0.887. The van der Waals surface area contributed by atoms with Gasteiger partial charge in [0.15, 0.2) is 5.58 Å². The third kappa shape index (κ3) is 2.19. The molecule has 5 heteroatoms. The number of nitrogens with two attached hydrogens (primary N) is 1. The molecule has 3 rings (SSSR count). The molecular weight excluding hydrogens is 230 g/mol. The fraction of sp³-hybridized carbons (Fsp3) is 0.462. The molecule has 2 aromatic rings. The number of ether oxygens (including phenoxy) is 1. The summed E-state index contributed by atoms with van der Waals surface area (Å²) in [7, 11) is 0. The highest BCUT2D eigenvalue weighted by molar-refractivity contribution is 5.74. The predicted octanol–water partition coefficient (Wildman–Crippen LogP) is 1.38. The number of para-hydroxylation sites is 2. The van der Waals surface area contributed by atoms with Gasteiger partial charge in [-0.2, -0.15) is 4.98 Å². The van der Waals surface area contributed by atoms with Gasteiger partial charge in [0.1, 0.15) is 5.52 Å². The number of rotatable bonds is 3. The second-order valence-corrected chi connectivity index (χ2v) is 4.48. The first-order valence-electron chi connectivity index (χ1n) is 6.29. The molecule has 0 unspecified atom stereocenters. The first-order valence-corrected chi connectivity index (χ1v) is 6.29. The van der Waals surface area contributed by atoms with Crippen molar-refractivity contribution in [2.24, 2.45) is 5.73 Å². The Kier molecular flexibility index (Phi) is 3.17. The zero-order valence-corrected chi connectivity index (χ0v) is 10.2. The van der Waals surface area contributed by atoms with E-state index >= 15 is 0 Å². The molecule has 5 nitrogen and oxygen atoms in total. The number of nitrogens with zero attached hydrogens (tertiary/aromatic N) is 2. The molecule has 0 radical (unpaired) electrons. The number of oxazole rings is 1. The van der Waals surface area contributed by atoms with Gasteiger partial charge in [0.05, 0.1) is 12.7 Å². The molecule has 1 aromatic carbocycles. The molecule has 1 aliphatic rings. The lowest BCUT2D eigenvalue weighted by Gasteiger charge is -2.31. The third-order valence-corrected chi connectivity index (χ3v) is 3.18. The van der Waals surface area contributed by atoms with Gasteiger partial charge in [-0.1, -0.05) is 12.1 Å². The fourth-order valence-corrected chi connectivity index (χ4v) is 2.25. The maximum atomic E-state index is 5.76. The van der Waals surface area contributed by atoms with Crippen LogP contribution >= 0.6 is 0 Å². The second kappa shape index (κ2) is 4.96. The van der Waals surface area contributed by atoms with Crippen LogP contribution in [0.2, 0.25) is 0 Å². The Hall–Kier alpha value is -1.59. The summed E-state index contributed by atoms with van der Waals surface area (Å²) < 4.78 is 11.4. The van der Waals surface area contributed by atoms with E-state index < -0.39 is 0 Å². The number of fused-ring (bicyclic) bond motifs is 1. The van der Waals surface area contributed by atoms with Crippen molar-refractivity contribution < 1.29 is 9.15 Å². The van der Waals surface area contributed by atoms with Crippen LogP contribution in [0.3, 0.4) is 0 Å². The number of benzene rings is 1. The molecule has 18 heavy (non-hydrogen) atoms. The monoisotopic (exact) mass is 247 g/mol. The summed E-state index contributed by atoms with van der Waals surface area (Å²) in [6.07, 6.45) is 1.05. The van der Waals surface area contributed by atoms with Crippen molar-refractivity contribution in [3.05, 3.63) is 24.3 Å². The van der Waals surface area contributed by atoms with Gasteiger partial charge in [0, 0.05) is 13.1 Å². The highest BCUT2D eigenvalue weighted by Crippen LogP contribution is 2.23. The van der Waals surface area contributed by atoms with Crippen LogP contribution in [0, 0.1) is 0 Å². The standard InChI is InChI=1S/C13H17N3O2/c14-6-5-10-9-16(7-8-17-10)13-15-11-3-1-2-4-12(11)18-13/h1-4,10H,5-9,14H2/t10-/m1/s1. The summed E-state index contributed by atoms with van der Waals surface area (Å²) in [5.41, 5.74) is 7.29. The maximum Gasteiger partial charge on any atom is 0.298 e. The first kappa shape index (κ1) is 11.5. The minimum absolute atomic E-state index is 0.179. The van der Waals surface area contributed by atoms with E-state index in [1.165, 1.54) is 0 Å². The Labute approximate surface area is 106 Å². The van der Waals surface area contributed by atoms with E-state index in [0.29, 0.717) is 19.2 Å². The minimum Gasteiger partial charge on any atom is -0.423 e. The molecule has 1 atom stereocenters. The van der Waals surface area contributed by atoms with Crippen LogP contribution < -0.4 is 10.6 Å². The first-order chi connectivity index (χ1) is 8.86. The Balaban J connectivity index is 1.80. The zero-order valence-electron chi connectivity index (χ0n) is 10.2. The number of hydrogen-bond acceptors (Lipinski definition) is 5. The Morgan fingerprint density at radius 1 is 1.39 bits per heavy atom. The molecule has 2 heterocycles. The molecule has 0 amide bonds. The molecule has 1 aromatic heterocycles. The molecule has 0 saturated carbocycles. The number of morpholine rings is 1. The molecule has 1 saturated heterocycles. The Bertz CT molecular complexity index is 491. The molecular formula is C13H17N3O2. The Morgan fingerprint density at radius 3 is 3.11 bits per heavy atom. The number of anilines is 1. The molecule has 0 aliphatic carbocycles. The van der Waals surface area contributed by atoms with Crippen LogP contribution in [0.5, 0.6) is 0 Å². The third-order valence-electron chi connectivity index (χ3n) is 3.18. The van der Waals surface area contributed by atoms with Crippen molar-refractivity contribution in [2.75, 3.05) is 31.1 Å². The van der Waals surface area contributed by atoms with E-state index in [4.69, 9.17) is 14.9 Å². The predicted molar refractivity (Wildman–Crippen MR) is 69.6 cm³/mol. The zero-order chi connectivity index (χ0) is 12.4. The molecule has 96 valence electrons. The largest absolute Gasteiger partial charge is 0.423 e. The summed E-state index contributed by atoms with van der Waals surface area (Å²) in [5, 5.41) is 0. The van der Waals surface area contributed by atoms with Gasteiger partial charge < -0.3 is 19.8 Å². The van der Waals surface area contributed by atoms with Crippen LogP contribution in [-0.4, -0.2) is 37.3 Å². The van der Waals surface area contributed by atoms with Crippen molar-refractivity contribution >= 4 is 17.1 Å². The summed E-state index contributed by atoms with van der Waals surface area (Å²) in [5.74, 6) is 0. The molecule has 0 bridgehead atoms. The lowest BCUT2D eigenvalue weighted by molar-refractivity contribution is 0.0353. The fourth-order valence-electron chi connectivity index (χ4n) is 2.25. The molecule has 1 aliphatic heterocycles. The average molecular weight is 247 g/mol. The SMILES string of the molecule is NCC[C@@H]1CN(c2nc3ccccc3o2)CCO1. The molecule has 2 N–H and O–H groups in total. The van der Waals surface area contributed by atoms with Crippen molar-refractivity contribution in [2.45, 2.75) is 12.5 Å². The van der Waals surface area contributed by atoms with E-state index in [1.807, 2.05) is 24.3 Å². The van der Waals surface area contributed by atoms with Gasteiger partial charge in [-0.05, 0) is 25.1 Å². The highest BCUT2D eigenvalue weighted by Gasteiger charge is 2.23. The second-order valence-electron chi connectivity index (χ2n) is 4.48. The topological polar surface area (TPSA) is 64.5 Å². The van der Waals surface area contributed by atoms with Crippen molar-refractivity contribution in [1.82, 2.24) is 4.98 Å². The van der Waals surface area contributed by atoms with Crippen LogP contribution in [0.15, 0.2) is 28.7 Å². The lowest BCUT2D eigenvalue weighted by atomic mass is 10.2. The van der Waals surface area contributed by atoms with Gasteiger partial charge in [-0.15, -0.1) is 0 Å². The molecule has 1 fully saturated rings. The van der Waals surface area contributed by atoms with Crippen LogP contribution in [-0.2, 0) is 4.74 Å². The van der Waals surface area contributed by atoms with Gasteiger partial charge in [-0.3, -0.25) is 0 Å². The normalized spacial score (nSPS) is 20.5. The summed E-state index contributed by atoms with van der Waals surface area (Å²) in [4.78, 5) is 6.63. The average Bonchev–Trinajstić information content (AvgIpc) is 2.83. The van der Waals surface area contributed by atoms with E-state index in [0.717, 1.165) is 30.6 Å². The van der Waals surface area contributed by atoms with Gasteiger partial charge in [0.2, 0.25) is 0 Å². The van der Waals surface area contributed by atoms with E-state index in [2.05, 4.69) is 9.88 Å². The maximum absolute atomic E-state index is 5.76. The number of aromatic nitrogens is 1. The summed E-state index contributed by atoms with van der Waals surface area (Å²) in [6, 6.07) is 8.49. The highest BCUT2D eigenvalue weighted by atomic mass is 16.5. The van der Waals surface area contributed by atoms with Crippen LogP contribution in [0.25, 0.3) is 11.1 Å². The van der Waals surface area contributed by atoms with Gasteiger partial charge in [0.25, 0.3) is 6.01 Å². The molecule has 0 spiro atoms. The van der Waals surface area contributed by atoms with E-state index in [9.17, 15) is 0 Å². The number of hydrogen-bond donors (Lipinski definition) is 1. The summed E-state index contributed by atoms with van der Waals surface area (Å²) >= 11 is 0. The van der Waals surface area contributed by atoms with Crippen molar-refractivity contribution in [3.63, 3.8) is 0 Å². The smallest absolute Gasteiger partial charge is 0.298 e.